The second-order valence-electron chi connectivity index (χ2n) is 6.81. The number of amides is 1. The van der Waals surface area contributed by atoms with Crippen LogP contribution in [0.15, 0.2) is 48.6 Å². The molecule has 4 heteroatoms. The van der Waals surface area contributed by atoms with Crippen LogP contribution in [0.5, 0.6) is 0 Å². The molecule has 0 spiro atoms. The molecule has 0 heterocycles. The minimum Gasteiger partial charge on any atom is -0.395 e. The molecule has 0 radical (unpaired) electrons. The molecule has 0 aliphatic heterocycles. The molecule has 0 fully saturated rings. The van der Waals surface area contributed by atoms with Crippen molar-refractivity contribution >= 4 is 5.91 Å². The van der Waals surface area contributed by atoms with Crippen LogP contribution in [0.4, 0.5) is 0 Å². The fourth-order valence-corrected chi connectivity index (χ4v) is 2.69. The molecule has 0 aliphatic rings. The third-order valence-corrected chi connectivity index (χ3v) is 4.31. The van der Waals surface area contributed by atoms with Crippen LogP contribution in [0.1, 0.15) is 71.1 Å². The molecule has 0 aromatic rings. The van der Waals surface area contributed by atoms with E-state index in [0.717, 1.165) is 32.1 Å². The van der Waals surface area contributed by atoms with Crippen LogP contribution in [-0.4, -0.2) is 47.3 Å². The average molecular weight is 392 g/mol. The van der Waals surface area contributed by atoms with Crippen molar-refractivity contribution in [1.82, 2.24) is 4.90 Å². The highest BCUT2D eigenvalue weighted by Gasteiger charge is 2.10. The Morgan fingerprint density at radius 3 is 1.64 bits per heavy atom. The average Bonchev–Trinajstić information content (AvgIpc) is 2.70. The van der Waals surface area contributed by atoms with Gasteiger partial charge in [-0.3, -0.25) is 4.79 Å². The second-order valence-corrected chi connectivity index (χ2v) is 6.81. The third-order valence-electron chi connectivity index (χ3n) is 4.31. The van der Waals surface area contributed by atoms with Crippen LogP contribution in [-0.2, 0) is 4.79 Å². The molecule has 0 rings (SSSR count). The molecule has 1 amide bonds. The number of aliphatic hydroxyl groups excluding tert-OH is 2. The normalized spacial score (nSPS) is 12.2. The maximum absolute atomic E-state index is 11.9. The number of allylic oxidation sites excluding steroid dienone is 8. The van der Waals surface area contributed by atoms with Gasteiger partial charge in [-0.25, -0.2) is 0 Å². The highest BCUT2D eigenvalue weighted by Crippen LogP contribution is 2.03. The molecule has 160 valence electrons. The third kappa shape index (κ3) is 17.7. The van der Waals surface area contributed by atoms with Gasteiger partial charge in [-0.1, -0.05) is 68.4 Å². The zero-order valence-corrected chi connectivity index (χ0v) is 17.8. The van der Waals surface area contributed by atoms with Gasteiger partial charge in [0.1, 0.15) is 0 Å². The van der Waals surface area contributed by atoms with Crippen molar-refractivity contribution in [2.45, 2.75) is 71.1 Å². The van der Waals surface area contributed by atoms with E-state index in [1.807, 2.05) is 0 Å². The lowest BCUT2D eigenvalue weighted by molar-refractivity contribution is -0.132. The minimum absolute atomic E-state index is 0.000938. The van der Waals surface area contributed by atoms with Gasteiger partial charge in [-0.2, -0.15) is 0 Å². The van der Waals surface area contributed by atoms with Crippen molar-refractivity contribution in [3.8, 4) is 0 Å². The van der Waals surface area contributed by atoms with Crippen molar-refractivity contribution in [1.29, 1.82) is 0 Å². The molecule has 2 N–H and O–H groups in total. The van der Waals surface area contributed by atoms with E-state index in [4.69, 9.17) is 10.2 Å². The molecule has 0 unspecified atom stereocenters. The summed E-state index contributed by atoms with van der Waals surface area (Å²) in [5, 5.41) is 17.9. The van der Waals surface area contributed by atoms with E-state index in [0.29, 0.717) is 19.5 Å². The summed E-state index contributed by atoms with van der Waals surface area (Å²) in [4.78, 5) is 13.5. The van der Waals surface area contributed by atoms with Gasteiger partial charge >= 0.3 is 0 Å². The highest BCUT2D eigenvalue weighted by molar-refractivity contribution is 5.76. The Morgan fingerprint density at radius 2 is 1.18 bits per heavy atom. The van der Waals surface area contributed by atoms with Crippen molar-refractivity contribution in [2.24, 2.45) is 0 Å². The first-order valence-electron chi connectivity index (χ1n) is 10.9. The van der Waals surface area contributed by atoms with Gasteiger partial charge in [0.15, 0.2) is 0 Å². The molecule has 0 aromatic heterocycles. The molecule has 0 saturated carbocycles. The fraction of sp³-hybridized carbons (Fsp3) is 0.625. The number of carbonyl (C=O) groups excluding carboxylic acids is 1. The monoisotopic (exact) mass is 391 g/mol. The Balaban J connectivity index is 3.65. The standard InChI is InChI=1S/C24H41NO3/c1-2-3-4-5-6-7-8-9-10-11-12-13-14-15-16-17-18-19-24(28)25(20-22-26)21-23-27/h6-7,9-10,12-13,15-16,26-27H,2-5,8,11,14,17-23H2,1H3/b7-6-,10-9-,13-12-,16-15-. The second kappa shape index (κ2) is 21.6. The molecule has 0 saturated heterocycles. The summed E-state index contributed by atoms with van der Waals surface area (Å²) < 4.78 is 0. The summed E-state index contributed by atoms with van der Waals surface area (Å²) in [7, 11) is 0. The van der Waals surface area contributed by atoms with Gasteiger partial charge in [0.25, 0.3) is 0 Å². The molecule has 28 heavy (non-hydrogen) atoms. The van der Waals surface area contributed by atoms with E-state index in [1.165, 1.54) is 30.6 Å². The van der Waals surface area contributed by atoms with Crippen molar-refractivity contribution in [2.75, 3.05) is 26.3 Å². The minimum atomic E-state index is -0.0666. The largest absolute Gasteiger partial charge is 0.395 e. The quantitative estimate of drug-likeness (QED) is 0.257. The molecular formula is C24H41NO3. The molecule has 0 aromatic carbocycles. The lowest BCUT2D eigenvalue weighted by Gasteiger charge is -2.20. The number of aliphatic hydroxyl groups is 2. The van der Waals surface area contributed by atoms with Gasteiger partial charge < -0.3 is 15.1 Å². The van der Waals surface area contributed by atoms with E-state index in [9.17, 15) is 4.79 Å². The number of hydrogen-bond acceptors (Lipinski definition) is 3. The Labute approximate surface area is 172 Å². The summed E-state index contributed by atoms with van der Waals surface area (Å²) >= 11 is 0. The van der Waals surface area contributed by atoms with Crippen LogP contribution in [0.3, 0.4) is 0 Å². The fourth-order valence-electron chi connectivity index (χ4n) is 2.69. The van der Waals surface area contributed by atoms with Crippen molar-refractivity contribution in [3.05, 3.63) is 48.6 Å². The molecule has 0 aliphatic carbocycles. The smallest absolute Gasteiger partial charge is 0.222 e. The number of nitrogens with zero attached hydrogens (tertiary/aromatic N) is 1. The summed E-state index contributed by atoms with van der Waals surface area (Å²) in [6.45, 7) is 2.69. The Hall–Kier alpha value is -1.65. The van der Waals surface area contributed by atoms with Crippen molar-refractivity contribution < 1.29 is 15.0 Å². The highest BCUT2D eigenvalue weighted by atomic mass is 16.3. The van der Waals surface area contributed by atoms with E-state index in [-0.39, 0.29) is 19.1 Å². The number of carbonyl (C=O) groups is 1. The number of unbranched alkanes of at least 4 members (excludes halogenated alkanes) is 4. The van der Waals surface area contributed by atoms with Gasteiger partial charge in [-0.15, -0.1) is 0 Å². The molecule has 4 nitrogen and oxygen atoms in total. The Bertz CT molecular complexity index is 460. The number of rotatable bonds is 18. The lowest BCUT2D eigenvalue weighted by atomic mass is 10.2. The predicted molar refractivity (Wildman–Crippen MR) is 119 cm³/mol. The van der Waals surface area contributed by atoms with Crippen LogP contribution in [0.2, 0.25) is 0 Å². The molecule has 0 bridgehead atoms. The lowest BCUT2D eigenvalue weighted by Crippen LogP contribution is -2.35. The van der Waals surface area contributed by atoms with Gasteiger partial charge in [0, 0.05) is 19.5 Å². The SMILES string of the molecule is CCCCC/C=C\C/C=C\C/C=C\C/C=C\CCCC(=O)N(CCO)CCO. The first-order chi connectivity index (χ1) is 13.8. The van der Waals surface area contributed by atoms with Crippen LogP contribution < -0.4 is 0 Å². The van der Waals surface area contributed by atoms with Crippen molar-refractivity contribution in [3.63, 3.8) is 0 Å². The zero-order chi connectivity index (χ0) is 20.7. The van der Waals surface area contributed by atoms with E-state index >= 15 is 0 Å². The van der Waals surface area contributed by atoms with E-state index in [1.54, 1.807) is 0 Å². The van der Waals surface area contributed by atoms with Crippen LogP contribution in [0.25, 0.3) is 0 Å². The number of hydrogen-bond donors (Lipinski definition) is 2. The summed E-state index contributed by atoms with van der Waals surface area (Å²) in [5.41, 5.74) is 0. The topological polar surface area (TPSA) is 60.8 Å². The predicted octanol–water partition coefficient (Wildman–Crippen LogP) is 4.95. The zero-order valence-electron chi connectivity index (χ0n) is 17.8. The van der Waals surface area contributed by atoms with E-state index < -0.39 is 0 Å². The first-order valence-corrected chi connectivity index (χ1v) is 10.9. The summed E-state index contributed by atoms with van der Waals surface area (Å²) in [6.07, 6.45) is 27.7. The van der Waals surface area contributed by atoms with Gasteiger partial charge in [0.2, 0.25) is 5.91 Å². The van der Waals surface area contributed by atoms with Crippen LogP contribution in [0, 0.1) is 0 Å². The molecule has 0 atom stereocenters. The van der Waals surface area contributed by atoms with Gasteiger partial charge in [-0.05, 0) is 44.9 Å². The van der Waals surface area contributed by atoms with Gasteiger partial charge in [0.05, 0.1) is 13.2 Å². The summed E-state index contributed by atoms with van der Waals surface area (Å²) in [5.74, 6) is -0.000938. The Kier molecular flexibility index (Phi) is 20.4. The summed E-state index contributed by atoms with van der Waals surface area (Å²) in [6, 6.07) is 0. The van der Waals surface area contributed by atoms with Crippen LogP contribution >= 0.6 is 0 Å². The Morgan fingerprint density at radius 1 is 0.714 bits per heavy atom. The maximum atomic E-state index is 11.9. The first kappa shape index (κ1) is 26.4. The maximum Gasteiger partial charge on any atom is 0.222 e. The van der Waals surface area contributed by atoms with E-state index in [2.05, 4.69) is 55.5 Å². The molecular weight excluding hydrogens is 350 g/mol.